The number of carbonyl (C=O) groups is 1. The molecule has 3 rings (SSSR count). The molecule has 0 atom stereocenters. The molecule has 7 heteroatoms. The fourth-order valence-corrected chi connectivity index (χ4v) is 4.71. The molecule has 0 fully saturated rings. The van der Waals surface area contributed by atoms with Crippen LogP contribution < -0.4 is 5.32 Å². The van der Waals surface area contributed by atoms with Gasteiger partial charge >= 0.3 is 0 Å². The number of aryl methyl sites for hydroxylation is 1. The molecule has 0 aliphatic carbocycles. The van der Waals surface area contributed by atoms with Gasteiger partial charge in [-0.1, -0.05) is 25.1 Å². The highest BCUT2D eigenvalue weighted by Gasteiger charge is 2.23. The largest absolute Gasteiger partial charge is 0.322 e. The Balaban J connectivity index is 1.93. The predicted molar refractivity (Wildman–Crippen MR) is 120 cm³/mol. The molecule has 0 aliphatic heterocycles. The predicted octanol–water partition coefficient (Wildman–Crippen LogP) is 4.39. The van der Waals surface area contributed by atoms with Crippen molar-refractivity contribution in [1.82, 2.24) is 9.29 Å². The van der Waals surface area contributed by atoms with Crippen molar-refractivity contribution >= 4 is 32.5 Å². The Hall–Kier alpha value is -2.77. The minimum atomic E-state index is -3.57. The van der Waals surface area contributed by atoms with Gasteiger partial charge in [-0.25, -0.2) is 8.42 Å². The van der Waals surface area contributed by atoms with Crippen LogP contribution in [0.15, 0.2) is 53.4 Å². The highest BCUT2D eigenvalue weighted by Crippen LogP contribution is 2.25. The number of nitrogens with one attached hydrogen (secondary N) is 1. The van der Waals surface area contributed by atoms with E-state index >= 15 is 0 Å². The molecule has 3 aromatic rings. The lowest BCUT2D eigenvalue weighted by Crippen LogP contribution is -2.33. The molecule has 1 N–H and O–H groups in total. The number of sulfonamides is 1. The third kappa shape index (κ3) is 4.08. The van der Waals surface area contributed by atoms with Crippen molar-refractivity contribution in [2.24, 2.45) is 0 Å². The highest BCUT2D eigenvalue weighted by atomic mass is 32.2. The summed E-state index contributed by atoms with van der Waals surface area (Å²) in [5, 5.41) is 3.69. The fourth-order valence-electron chi connectivity index (χ4n) is 3.34. The minimum Gasteiger partial charge on any atom is -0.322 e. The number of hydrogen-bond acceptors (Lipinski definition) is 4. The van der Waals surface area contributed by atoms with Gasteiger partial charge < -0.3 is 5.32 Å². The molecule has 30 heavy (non-hydrogen) atoms. The number of amides is 1. The maximum atomic E-state index is 13.1. The van der Waals surface area contributed by atoms with E-state index in [0.29, 0.717) is 11.3 Å². The van der Waals surface area contributed by atoms with Gasteiger partial charge in [0, 0.05) is 29.9 Å². The van der Waals surface area contributed by atoms with Gasteiger partial charge in [0.25, 0.3) is 5.91 Å². The second-order valence-electron chi connectivity index (χ2n) is 7.52. The zero-order valence-electron chi connectivity index (χ0n) is 17.9. The van der Waals surface area contributed by atoms with Gasteiger partial charge in [-0.3, -0.25) is 9.78 Å². The Kier molecular flexibility index (Phi) is 6.24. The number of pyridine rings is 1. The van der Waals surface area contributed by atoms with Crippen molar-refractivity contribution in [3.63, 3.8) is 0 Å². The first-order valence-corrected chi connectivity index (χ1v) is 11.4. The lowest BCUT2D eigenvalue weighted by Gasteiger charge is -2.21. The first-order valence-electron chi connectivity index (χ1n) is 9.94. The molecule has 0 spiro atoms. The molecule has 1 aromatic heterocycles. The second kappa shape index (κ2) is 8.53. The molecule has 0 saturated carbocycles. The number of benzene rings is 2. The van der Waals surface area contributed by atoms with Crippen LogP contribution in [0.3, 0.4) is 0 Å². The van der Waals surface area contributed by atoms with Gasteiger partial charge in [-0.15, -0.1) is 0 Å². The summed E-state index contributed by atoms with van der Waals surface area (Å²) in [5.41, 5.74) is 3.64. The average Bonchev–Trinajstić information content (AvgIpc) is 2.72. The van der Waals surface area contributed by atoms with Crippen LogP contribution in [0.25, 0.3) is 10.9 Å². The lowest BCUT2D eigenvalue weighted by atomic mass is 9.99. The zero-order chi connectivity index (χ0) is 22.1. The quantitative estimate of drug-likeness (QED) is 0.635. The Morgan fingerprint density at radius 2 is 1.73 bits per heavy atom. The molecule has 158 valence electrons. The summed E-state index contributed by atoms with van der Waals surface area (Å²) in [5.74, 6) is -0.240. The number of fused-ring (bicyclic) bond motifs is 1. The molecule has 1 heterocycles. The van der Waals surface area contributed by atoms with E-state index in [1.165, 1.54) is 16.4 Å². The van der Waals surface area contributed by atoms with Crippen molar-refractivity contribution in [2.75, 3.05) is 12.4 Å². The number of para-hydroxylation sites is 1. The molecular formula is C23H27N3O3S. The van der Waals surface area contributed by atoms with Crippen LogP contribution in [0.2, 0.25) is 0 Å². The summed E-state index contributed by atoms with van der Waals surface area (Å²) in [4.78, 5) is 18.0. The van der Waals surface area contributed by atoms with Crippen LogP contribution in [0.4, 0.5) is 5.69 Å². The molecule has 0 saturated heterocycles. The molecule has 6 nitrogen and oxygen atoms in total. The van der Waals surface area contributed by atoms with E-state index in [1.807, 2.05) is 52.0 Å². The Morgan fingerprint density at radius 3 is 2.33 bits per heavy atom. The highest BCUT2D eigenvalue weighted by molar-refractivity contribution is 7.89. The molecule has 0 unspecified atom stereocenters. The number of anilines is 1. The summed E-state index contributed by atoms with van der Waals surface area (Å²) < 4.78 is 26.6. The number of aromatic nitrogens is 1. The van der Waals surface area contributed by atoms with E-state index in [9.17, 15) is 13.2 Å². The zero-order valence-corrected chi connectivity index (χ0v) is 18.7. The van der Waals surface area contributed by atoms with E-state index in [4.69, 9.17) is 0 Å². The van der Waals surface area contributed by atoms with Gasteiger partial charge in [0.15, 0.2) is 0 Å². The van der Waals surface area contributed by atoms with Crippen LogP contribution in [0, 0.1) is 6.92 Å². The van der Waals surface area contributed by atoms with Crippen molar-refractivity contribution in [2.45, 2.75) is 45.1 Å². The van der Waals surface area contributed by atoms with Crippen LogP contribution in [0.1, 0.15) is 42.4 Å². The van der Waals surface area contributed by atoms with Gasteiger partial charge in [0.2, 0.25) is 10.0 Å². The maximum absolute atomic E-state index is 13.1. The van der Waals surface area contributed by atoms with E-state index in [1.54, 1.807) is 19.2 Å². The van der Waals surface area contributed by atoms with Crippen molar-refractivity contribution in [3.05, 3.63) is 65.4 Å². The van der Waals surface area contributed by atoms with E-state index in [0.717, 1.165) is 28.6 Å². The summed E-state index contributed by atoms with van der Waals surface area (Å²) in [6, 6.07) is 13.7. The molecular weight excluding hydrogens is 398 g/mol. The third-order valence-electron chi connectivity index (χ3n) is 5.32. The maximum Gasteiger partial charge on any atom is 0.256 e. The van der Waals surface area contributed by atoms with Crippen molar-refractivity contribution in [1.29, 1.82) is 0 Å². The van der Waals surface area contributed by atoms with Crippen LogP contribution in [0.5, 0.6) is 0 Å². The Morgan fingerprint density at radius 1 is 1.10 bits per heavy atom. The van der Waals surface area contributed by atoms with Gasteiger partial charge in [0.1, 0.15) is 0 Å². The number of carbonyl (C=O) groups excluding carboxylic acids is 1. The minimum absolute atomic E-state index is 0.148. The van der Waals surface area contributed by atoms with Crippen LogP contribution in [-0.4, -0.2) is 36.7 Å². The van der Waals surface area contributed by atoms with Gasteiger partial charge in [0.05, 0.1) is 16.0 Å². The van der Waals surface area contributed by atoms with E-state index < -0.39 is 10.0 Å². The first kappa shape index (κ1) is 21.9. The first-order chi connectivity index (χ1) is 14.2. The summed E-state index contributed by atoms with van der Waals surface area (Å²) in [6.07, 6.45) is 0.729. The SMILES string of the molecule is CCc1nc2ccccc2c(C(=O)Nc2ccc(S(=O)(=O)N(C)C(C)C)cc2)c1C. The Labute approximate surface area is 178 Å². The van der Waals surface area contributed by atoms with Crippen LogP contribution >= 0.6 is 0 Å². The van der Waals surface area contributed by atoms with Gasteiger partial charge in [-0.05, 0) is 63.1 Å². The Bertz CT molecular complexity index is 1190. The standard InChI is InChI=1S/C23H27N3O3S/c1-6-20-16(4)22(19-9-7-8-10-21(19)25-20)23(27)24-17-11-13-18(14-12-17)30(28,29)26(5)15(2)3/h7-15H,6H2,1-5H3,(H,24,27). The van der Waals surface area contributed by atoms with Crippen molar-refractivity contribution < 1.29 is 13.2 Å². The van der Waals surface area contributed by atoms with Gasteiger partial charge in [-0.2, -0.15) is 4.31 Å². The van der Waals surface area contributed by atoms with E-state index in [2.05, 4.69) is 10.3 Å². The molecule has 0 aliphatic rings. The third-order valence-corrected chi connectivity index (χ3v) is 7.36. The van der Waals surface area contributed by atoms with E-state index in [-0.39, 0.29) is 16.8 Å². The molecule has 0 radical (unpaired) electrons. The van der Waals surface area contributed by atoms with Crippen LogP contribution in [-0.2, 0) is 16.4 Å². The topological polar surface area (TPSA) is 79.4 Å². The second-order valence-corrected chi connectivity index (χ2v) is 9.52. The summed E-state index contributed by atoms with van der Waals surface area (Å²) >= 11 is 0. The summed E-state index contributed by atoms with van der Waals surface area (Å²) in [6.45, 7) is 7.56. The van der Waals surface area contributed by atoms with Crippen molar-refractivity contribution in [3.8, 4) is 0 Å². The number of rotatable bonds is 6. The molecule has 0 bridgehead atoms. The monoisotopic (exact) mass is 425 g/mol. The normalized spacial score (nSPS) is 12.0. The lowest BCUT2D eigenvalue weighted by molar-refractivity contribution is 0.102. The smallest absolute Gasteiger partial charge is 0.256 e. The average molecular weight is 426 g/mol. The number of hydrogen-bond donors (Lipinski definition) is 1. The number of nitrogens with zero attached hydrogens (tertiary/aromatic N) is 2. The fraction of sp³-hybridized carbons (Fsp3) is 0.304. The molecule has 2 aromatic carbocycles. The summed E-state index contributed by atoms with van der Waals surface area (Å²) in [7, 11) is -2.01. The molecule has 1 amide bonds.